The van der Waals surface area contributed by atoms with E-state index in [1.807, 2.05) is 0 Å². The third-order valence-corrected chi connectivity index (χ3v) is 3.83. The minimum atomic E-state index is -0.167. The maximum Gasteiger partial charge on any atom is 0.254 e. The molecule has 1 saturated heterocycles. The maximum absolute atomic E-state index is 12.2. The van der Waals surface area contributed by atoms with E-state index in [2.05, 4.69) is 11.8 Å². The molecule has 5 heteroatoms. The lowest BCUT2D eigenvalue weighted by molar-refractivity contribution is 0.0587. The quantitative estimate of drug-likeness (QED) is 0.850. The second-order valence-electron chi connectivity index (χ2n) is 4.48. The normalized spacial score (nSPS) is 17.9. The second kappa shape index (κ2) is 6.71. The molecule has 1 fully saturated rings. The second-order valence-corrected chi connectivity index (χ2v) is 5.39. The lowest BCUT2D eigenvalue weighted by Gasteiger charge is -2.20. The van der Waals surface area contributed by atoms with Gasteiger partial charge >= 0.3 is 0 Å². The minimum absolute atomic E-state index is 0.0104. The Hall–Kier alpha value is -1.35. The first-order valence-electron chi connectivity index (χ1n) is 6.26. The highest BCUT2D eigenvalue weighted by molar-refractivity contribution is 7.10. The average molecular weight is 279 g/mol. The van der Waals surface area contributed by atoms with Crippen LogP contribution in [-0.2, 0) is 4.74 Å². The molecule has 0 radical (unpaired) electrons. The van der Waals surface area contributed by atoms with Crippen LogP contribution in [0.2, 0.25) is 0 Å². The molecular weight excluding hydrogens is 262 g/mol. The summed E-state index contributed by atoms with van der Waals surface area (Å²) < 4.78 is 5.53. The van der Waals surface area contributed by atoms with Crippen molar-refractivity contribution in [2.75, 3.05) is 26.8 Å². The molecule has 1 atom stereocenters. The van der Waals surface area contributed by atoms with Crippen LogP contribution in [0.5, 0.6) is 0 Å². The number of aliphatic hydroxyl groups excluding tert-OH is 1. The van der Waals surface area contributed by atoms with E-state index in [1.165, 1.54) is 11.3 Å². The van der Waals surface area contributed by atoms with E-state index in [0.29, 0.717) is 12.1 Å². The average Bonchev–Trinajstić information content (AvgIpc) is 3.06. The molecule has 0 saturated carbocycles. The van der Waals surface area contributed by atoms with Crippen molar-refractivity contribution in [3.05, 3.63) is 21.9 Å². The van der Waals surface area contributed by atoms with Gasteiger partial charge in [-0.15, -0.1) is 11.3 Å². The molecule has 4 nitrogen and oxygen atoms in total. The van der Waals surface area contributed by atoms with E-state index in [0.717, 1.165) is 24.3 Å². The fourth-order valence-electron chi connectivity index (χ4n) is 2.04. The van der Waals surface area contributed by atoms with Crippen LogP contribution in [0.4, 0.5) is 0 Å². The summed E-state index contributed by atoms with van der Waals surface area (Å²) in [5.74, 6) is 5.37. The fraction of sp³-hybridized carbons (Fsp3) is 0.500. The fourth-order valence-corrected chi connectivity index (χ4v) is 2.79. The molecule has 1 amide bonds. The lowest BCUT2D eigenvalue weighted by atomic mass is 10.2. The van der Waals surface area contributed by atoms with E-state index in [-0.39, 0.29) is 18.6 Å². The summed E-state index contributed by atoms with van der Waals surface area (Å²) >= 11 is 1.41. The number of nitrogens with zero attached hydrogens (tertiary/aromatic N) is 1. The van der Waals surface area contributed by atoms with Crippen molar-refractivity contribution in [1.82, 2.24) is 4.90 Å². The summed E-state index contributed by atoms with van der Waals surface area (Å²) in [6.45, 7) is 1.26. The van der Waals surface area contributed by atoms with Gasteiger partial charge in [-0.1, -0.05) is 11.8 Å². The summed E-state index contributed by atoms with van der Waals surface area (Å²) in [4.78, 5) is 14.7. The van der Waals surface area contributed by atoms with Crippen LogP contribution in [0.3, 0.4) is 0 Å². The third kappa shape index (κ3) is 3.80. The zero-order valence-corrected chi connectivity index (χ0v) is 11.7. The predicted octanol–water partition coefficient (Wildman–Crippen LogP) is 1.34. The molecule has 1 N–H and O–H groups in total. The summed E-state index contributed by atoms with van der Waals surface area (Å²) in [6, 6.07) is 1.77. The van der Waals surface area contributed by atoms with Crippen molar-refractivity contribution in [2.45, 2.75) is 18.9 Å². The van der Waals surface area contributed by atoms with Gasteiger partial charge in [0, 0.05) is 25.6 Å². The van der Waals surface area contributed by atoms with Crippen molar-refractivity contribution >= 4 is 17.2 Å². The summed E-state index contributed by atoms with van der Waals surface area (Å²) in [7, 11) is 1.79. The Labute approximate surface area is 117 Å². The number of ether oxygens (including phenoxy) is 1. The van der Waals surface area contributed by atoms with E-state index in [9.17, 15) is 4.79 Å². The molecule has 1 aliphatic heterocycles. The molecule has 2 rings (SSSR count). The molecule has 102 valence electrons. The Bertz CT molecular complexity index is 494. The Balaban J connectivity index is 1.96. The SMILES string of the molecule is CN(CC1CCCO1)C(=O)c1csc(C#CCO)c1. The van der Waals surface area contributed by atoms with Crippen LogP contribution in [0.15, 0.2) is 11.4 Å². The van der Waals surface area contributed by atoms with Gasteiger partial charge in [0.25, 0.3) is 5.91 Å². The largest absolute Gasteiger partial charge is 0.384 e. The zero-order chi connectivity index (χ0) is 13.7. The molecule has 1 aromatic heterocycles. The monoisotopic (exact) mass is 279 g/mol. The van der Waals surface area contributed by atoms with Crippen LogP contribution in [0.25, 0.3) is 0 Å². The first-order chi connectivity index (χ1) is 9.20. The number of carbonyl (C=O) groups excluding carboxylic acids is 1. The van der Waals surface area contributed by atoms with Gasteiger partial charge in [0.2, 0.25) is 0 Å². The van der Waals surface area contributed by atoms with Crippen LogP contribution < -0.4 is 0 Å². The molecule has 19 heavy (non-hydrogen) atoms. The van der Waals surface area contributed by atoms with Crippen LogP contribution >= 0.6 is 11.3 Å². The van der Waals surface area contributed by atoms with Crippen LogP contribution in [0.1, 0.15) is 28.1 Å². The Morgan fingerprint density at radius 3 is 3.21 bits per heavy atom. The highest BCUT2D eigenvalue weighted by Gasteiger charge is 2.21. The van der Waals surface area contributed by atoms with Crippen molar-refractivity contribution in [2.24, 2.45) is 0 Å². The standard InChI is InChI=1S/C14H17NO3S/c1-15(9-12-4-3-7-18-12)14(17)11-8-13(19-10-11)5-2-6-16/h8,10,12,16H,3-4,6-7,9H2,1H3. The molecular formula is C14H17NO3S. The summed E-state index contributed by atoms with van der Waals surface area (Å²) in [6.07, 6.45) is 2.27. The number of aliphatic hydroxyl groups is 1. The topological polar surface area (TPSA) is 49.8 Å². The van der Waals surface area contributed by atoms with Gasteiger partial charge in [-0.25, -0.2) is 0 Å². The van der Waals surface area contributed by atoms with E-state index in [4.69, 9.17) is 9.84 Å². The Morgan fingerprint density at radius 1 is 1.68 bits per heavy atom. The number of amides is 1. The minimum Gasteiger partial charge on any atom is -0.384 e. The molecule has 0 spiro atoms. The van der Waals surface area contributed by atoms with Crippen molar-refractivity contribution in [1.29, 1.82) is 0 Å². The Kier molecular flexibility index (Phi) is 4.97. The smallest absolute Gasteiger partial charge is 0.254 e. The van der Waals surface area contributed by atoms with Crippen molar-refractivity contribution in [3.63, 3.8) is 0 Å². The van der Waals surface area contributed by atoms with Gasteiger partial charge < -0.3 is 14.7 Å². The molecule has 1 aliphatic rings. The number of carbonyl (C=O) groups is 1. The lowest BCUT2D eigenvalue weighted by Crippen LogP contribution is -2.33. The molecule has 0 bridgehead atoms. The molecule has 2 heterocycles. The number of rotatable bonds is 3. The van der Waals surface area contributed by atoms with Gasteiger partial charge in [-0.05, 0) is 18.9 Å². The highest BCUT2D eigenvalue weighted by atomic mass is 32.1. The number of thiophene rings is 1. The zero-order valence-electron chi connectivity index (χ0n) is 10.9. The van der Waals surface area contributed by atoms with E-state index in [1.54, 1.807) is 23.4 Å². The van der Waals surface area contributed by atoms with Gasteiger partial charge in [0.15, 0.2) is 0 Å². The molecule has 0 aliphatic carbocycles. The summed E-state index contributed by atoms with van der Waals surface area (Å²) in [5.41, 5.74) is 0.646. The van der Waals surface area contributed by atoms with Crippen molar-refractivity contribution in [3.8, 4) is 11.8 Å². The van der Waals surface area contributed by atoms with Crippen LogP contribution in [0, 0.1) is 11.8 Å². The van der Waals surface area contributed by atoms with Crippen LogP contribution in [-0.4, -0.2) is 48.8 Å². The first kappa shape index (κ1) is 14.1. The predicted molar refractivity (Wildman–Crippen MR) is 74.2 cm³/mol. The maximum atomic E-state index is 12.2. The molecule has 1 unspecified atom stereocenters. The highest BCUT2D eigenvalue weighted by Crippen LogP contribution is 2.17. The van der Waals surface area contributed by atoms with Gasteiger partial charge in [0.05, 0.1) is 16.5 Å². The van der Waals surface area contributed by atoms with Crippen molar-refractivity contribution < 1.29 is 14.6 Å². The number of hydrogen-bond acceptors (Lipinski definition) is 4. The van der Waals surface area contributed by atoms with E-state index >= 15 is 0 Å². The van der Waals surface area contributed by atoms with Gasteiger partial charge in [-0.2, -0.15) is 0 Å². The third-order valence-electron chi connectivity index (χ3n) is 2.99. The van der Waals surface area contributed by atoms with Gasteiger partial charge in [0.1, 0.15) is 6.61 Å². The molecule has 1 aromatic rings. The van der Waals surface area contributed by atoms with E-state index < -0.39 is 0 Å². The van der Waals surface area contributed by atoms with Gasteiger partial charge in [-0.3, -0.25) is 4.79 Å². The Morgan fingerprint density at radius 2 is 2.53 bits per heavy atom. The number of hydrogen-bond donors (Lipinski definition) is 1. The summed E-state index contributed by atoms with van der Waals surface area (Å²) in [5, 5.41) is 10.4. The number of likely N-dealkylation sites (N-methyl/N-ethyl adjacent to an activating group) is 1. The molecule has 0 aromatic carbocycles. The first-order valence-corrected chi connectivity index (χ1v) is 7.14.